The number of ether oxygens (including phenoxy) is 1. The lowest BCUT2D eigenvalue weighted by molar-refractivity contribution is -0.0771. The highest BCUT2D eigenvalue weighted by molar-refractivity contribution is 4.90. The zero-order valence-corrected chi connectivity index (χ0v) is 13.7. The molecule has 2 rings (SSSR count). The average molecular weight is 282 g/mol. The van der Waals surface area contributed by atoms with Gasteiger partial charge in [0, 0.05) is 18.5 Å². The number of fused-ring (bicyclic) bond motifs is 1. The SMILES string of the molecule is CCCC[C@@H]1CC2CCCCC2[C@@H](OCCN(C)C)N1. The molecule has 3 nitrogen and oxygen atoms in total. The number of piperidine rings is 1. The van der Waals surface area contributed by atoms with Gasteiger partial charge in [0.25, 0.3) is 0 Å². The highest BCUT2D eigenvalue weighted by Crippen LogP contribution is 2.39. The first-order valence-corrected chi connectivity index (χ1v) is 8.73. The predicted octanol–water partition coefficient (Wildman–Crippen LogP) is 3.25. The van der Waals surface area contributed by atoms with Crippen LogP contribution < -0.4 is 5.32 Å². The van der Waals surface area contributed by atoms with Crippen LogP contribution in [0.4, 0.5) is 0 Å². The first-order chi connectivity index (χ1) is 9.70. The van der Waals surface area contributed by atoms with E-state index in [9.17, 15) is 0 Å². The summed E-state index contributed by atoms with van der Waals surface area (Å²) in [6, 6.07) is 0.693. The van der Waals surface area contributed by atoms with Crippen LogP contribution in [-0.4, -0.2) is 44.4 Å². The molecule has 0 radical (unpaired) electrons. The van der Waals surface area contributed by atoms with Gasteiger partial charge in [-0.05, 0) is 45.7 Å². The zero-order chi connectivity index (χ0) is 14.4. The fourth-order valence-electron chi connectivity index (χ4n) is 3.90. The van der Waals surface area contributed by atoms with Crippen molar-refractivity contribution in [3.05, 3.63) is 0 Å². The standard InChI is InChI=1S/C17H34N2O/c1-4-5-9-15-13-14-8-6-7-10-16(14)17(18-15)20-12-11-19(2)3/h14-18H,4-13H2,1-3H3/t14?,15-,16?,17-/m1/s1. The van der Waals surface area contributed by atoms with Crippen molar-refractivity contribution in [1.29, 1.82) is 0 Å². The van der Waals surface area contributed by atoms with Gasteiger partial charge in [-0.15, -0.1) is 0 Å². The van der Waals surface area contributed by atoms with Crippen molar-refractivity contribution in [1.82, 2.24) is 10.2 Å². The van der Waals surface area contributed by atoms with E-state index in [1.807, 2.05) is 0 Å². The van der Waals surface area contributed by atoms with Gasteiger partial charge in [-0.3, -0.25) is 5.32 Å². The molecule has 1 aliphatic heterocycles. The summed E-state index contributed by atoms with van der Waals surface area (Å²) in [6.45, 7) is 4.17. The maximum absolute atomic E-state index is 6.22. The lowest BCUT2D eigenvalue weighted by Crippen LogP contribution is -2.54. The molecule has 1 aliphatic carbocycles. The molecule has 20 heavy (non-hydrogen) atoms. The molecule has 1 N–H and O–H groups in total. The predicted molar refractivity (Wildman–Crippen MR) is 84.8 cm³/mol. The van der Waals surface area contributed by atoms with Crippen LogP contribution in [0.1, 0.15) is 58.3 Å². The Morgan fingerprint density at radius 3 is 2.75 bits per heavy atom. The van der Waals surface area contributed by atoms with E-state index in [0.29, 0.717) is 12.3 Å². The topological polar surface area (TPSA) is 24.5 Å². The van der Waals surface area contributed by atoms with Gasteiger partial charge in [-0.1, -0.05) is 32.6 Å². The molecule has 4 atom stereocenters. The molecule has 3 heteroatoms. The molecule has 0 aromatic heterocycles. The van der Waals surface area contributed by atoms with Gasteiger partial charge >= 0.3 is 0 Å². The van der Waals surface area contributed by atoms with E-state index >= 15 is 0 Å². The third-order valence-corrected chi connectivity index (χ3v) is 5.09. The maximum atomic E-state index is 6.22. The molecule has 0 aromatic carbocycles. The van der Waals surface area contributed by atoms with Gasteiger partial charge in [-0.2, -0.15) is 0 Å². The van der Waals surface area contributed by atoms with Crippen LogP contribution in [0.3, 0.4) is 0 Å². The molecule has 0 spiro atoms. The van der Waals surface area contributed by atoms with E-state index in [4.69, 9.17) is 4.74 Å². The monoisotopic (exact) mass is 282 g/mol. The number of nitrogens with one attached hydrogen (secondary N) is 1. The second-order valence-electron chi connectivity index (χ2n) is 7.04. The summed E-state index contributed by atoms with van der Waals surface area (Å²) in [5, 5.41) is 3.82. The van der Waals surface area contributed by atoms with Crippen LogP contribution >= 0.6 is 0 Å². The Balaban J connectivity index is 1.87. The van der Waals surface area contributed by atoms with Crippen molar-refractivity contribution in [3.8, 4) is 0 Å². The van der Waals surface area contributed by atoms with Gasteiger partial charge in [0.15, 0.2) is 0 Å². The second-order valence-corrected chi connectivity index (χ2v) is 7.04. The minimum absolute atomic E-state index is 0.316. The van der Waals surface area contributed by atoms with Crippen LogP contribution in [-0.2, 0) is 4.74 Å². The van der Waals surface area contributed by atoms with Gasteiger partial charge < -0.3 is 9.64 Å². The minimum Gasteiger partial charge on any atom is -0.362 e. The van der Waals surface area contributed by atoms with Gasteiger partial charge in [0.2, 0.25) is 0 Å². The lowest BCUT2D eigenvalue weighted by atomic mass is 9.72. The minimum atomic E-state index is 0.316. The van der Waals surface area contributed by atoms with Crippen LogP contribution in [0.25, 0.3) is 0 Å². The third kappa shape index (κ3) is 4.71. The molecule has 1 saturated heterocycles. The van der Waals surface area contributed by atoms with Crippen molar-refractivity contribution in [3.63, 3.8) is 0 Å². The number of hydrogen-bond donors (Lipinski definition) is 1. The quantitative estimate of drug-likeness (QED) is 0.776. The largest absolute Gasteiger partial charge is 0.362 e. The van der Waals surface area contributed by atoms with Gasteiger partial charge in [0.05, 0.1) is 6.61 Å². The van der Waals surface area contributed by atoms with Crippen LogP contribution in [0.2, 0.25) is 0 Å². The molecular formula is C17H34N2O. The Kier molecular flexibility index (Phi) is 6.79. The molecule has 2 fully saturated rings. The average Bonchev–Trinajstić information content (AvgIpc) is 2.44. The first kappa shape index (κ1) is 16.3. The molecule has 2 unspecified atom stereocenters. The summed E-state index contributed by atoms with van der Waals surface area (Å²) < 4.78 is 6.22. The molecule has 1 heterocycles. The summed E-state index contributed by atoms with van der Waals surface area (Å²) >= 11 is 0. The summed E-state index contributed by atoms with van der Waals surface area (Å²) in [4.78, 5) is 2.20. The highest BCUT2D eigenvalue weighted by Gasteiger charge is 2.38. The van der Waals surface area contributed by atoms with Gasteiger partial charge in [0.1, 0.15) is 6.23 Å². The van der Waals surface area contributed by atoms with E-state index < -0.39 is 0 Å². The summed E-state index contributed by atoms with van der Waals surface area (Å²) in [6.07, 6.45) is 11.3. The number of rotatable bonds is 7. The first-order valence-electron chi connectivity index (χ1n) is 8.73. The van der Waals surface area contributed by atoms with E-state index in [-0.39, 0.29) is 0 Å². The Hall–Kier alpha value is -0.120. The van der Waals surface area contributed by atoms with E-state index in [2.05, 4.69) is 31.2 Å². The number of unbranched alkanes of at least 4 members (excludes halogenated alkanes) is 1. The molecule has 0 amide bonds. The van der Waals surface area contributed by atoms with Crippen LogP contribution in [0.15, 0.2) is 0 Å². The van der Waals surface area contributed by atoms with Crippen LogP contribution in [0.5, 0.6) is 0 Å². The smallest absolute Gasteiger partial charge is 0.111 e. The Morgan fingerprint density at radius 2 is 2.00 bits per heavy atom. The number of likely N-dealkylation sites (N-methyl/N-ethyl adjacent to an activating group) is 1. The van der Waals surface area contributed by atoms with Crippen molar-refractivity contribution in [2.24, 2.45) is 11.8 Å². The van der Waals surface area contributed by atoms with Crippen molar-refractivity contribution in [2.75, 3.05) is 27.2 Å². The highest BCUT2D eigenvalue weighted by atomic mass is 16.5. The fraction of sp³-hybridized carbons (Fsp3) is 1.00. The Bertz CT molecular complexity index is 270. The normalized spacial score (nSPS) is 34.2. The second kappa shape index (κ2) is 8.35. The third-order valence-electron chi connectivity index (χ3n) is 5.09. The Morgan fingerprint density at radius 1 is 1.20 bits per heavy atom. The molecule has 0 bridgehead atoms. The fourth-order valence-corrected chi connectivity index (χ4v) is 3.90. The van der Waals surface area contributed by atoms with Crippen molar-refractivity contribution >= 4 is 0 Å². The van der Waals surface area contributed by atoms with Gasteiger partial charge in [-0.25, -0.2) is 0 Å². The molecule has 0 aromatic rings. The lowest BCUT2D eigenvalue weighted by Gasteiger charge is -2.45. The molecule has 1 saturated carbocycles. The van der Waals surface area contributed by atoms with Crippen molar-refractivity contribution in [2.45, 2.75) is 70.6 Å². The van der Waals surface area contributed by atoms with E-state index in [1.165, 1.54) is 51.4 Å². The van der Waals surface area contributed by atoms with E-state index in [0.717, 1.165) is 25.0 Å². The van der Waals surface area contributed by atoms with E-state index in [1.54, 1.807) is 0 Å². The molecular weight excluding hydrogens is 248 g/mol. The summed E-state index contributed by atoms with van der Waals surface area (Å²) in [5.74, 6) is 1.68. The molecule has 118 valence electrons. The van der Waals surface area contributed by atoms with Crippen molar-refractivity contribution < 1.29 is 4.74 Å². The maximum Gasteiger partial charge on any atom is 0.111 e. The summed E-state index contributed by atoms with van der Waals surface area (Å²) in [7, 11) is 4.23. The zero-order valence-electron chi connectivity index (χ0n) is 13.7. The van der Waals surface area contributed by atoms with Crippen LogP contribution in [0, 0.1) is 11.8 Å². The number of nitrogens with zero attached hydrogens (tertiary/aromatic N) is 1. The summed E-state index contributed by atoms with van der Waals surface area (Å²) in [5.41, 5.74) is 0. The number of hydrogen-bond acceptors (Lipinski definition) is 3. The molecule has 2 aliphatic rings. The Labute approximate surface area is 125 Å².